The SMILES string of the molecule is COc1cc(N=Nc2cccc3cccc(O)c23)c2ccccc2c1N=Nc1ccc(N=Nc2cc(S(=O)(=O)O)c(O)c3ccc(S(=O)(=O)O)c(O)c23)c2cc(S(=O)(=O)O)ccc12. The van der Waals surface area contributed by atoms with E-state index in [1.54, 1.807) is 54.6 Å². The molecule has 0 aliphatic rings. The second kappa shape index (κ2) is 15.8. The molecule has 0 fully saturated rings. The van der Waals surface area contributed by atoms with Gasteiger partial charge in [-0.3, -0.25) is 13.7 Å². The van der Waals surface area contributed by atoms with Crippen molar-refractivity contribution in [2.24, 2.45) is 30.7 Å². The van der Waals surface area contributed by atoms with Crippen molar-refractivity contribution < 1.29 is 59.0 Å². The molecule has 0 spiro atoms. The average molecular weight is 909 g/mol. The summed E-state index contributed by atoms with van der Waals surface area (Å²) in [4.78, 5) is -2.70. The Morgan fingerprint density at radius 1 is 0.444 bits per heavy atom. The van der Waals surface area contributed by atoms with Crippen LogP contribution in [-0.2, 0) is 30.4 Å². The van der Waals surface area contributed by atoms with E-state index in [9.17, 15) is 54.2 Å². The van der Waals surface area contributed by atoms with Crippen LogP contribution in [0.2, 0.25) is 0 Å². The first-order chi connectivity index (χ1) is 29.8. The van der Waals surface area contributed by atoms with E-state index < -0.39 is 73.0 Å². The number of azo groups is 3. The highest BCUT2D eigenvalue weighted by Crippen LogP contribution is 2.47. The summed E-state index contributed by atoms with van der Waals surface area (Å²) in [5.41, 5.74) is 0.452. The van der Waals surface area contributed by atoms with Crippen LogP contribution in [0.5, 0.6) is 23.0 Å². The number of ether oxygens (including phenoxy) is 1. The molecule has 8 aromatic rings. The van der Waals surface area contributed by atoms with Gasteiger partial charge in [0, 0.05) is 33.0 Å². The molecule has 0 aliphatic carbocycles. The minimum Gasteiger partial charge on any atom is -0.507 e. The second-order valence-corrected chi connectivity index (χ2v) is 17.8. The van der Waals surface area contributed by atoms with E-state index in [1.165, 1.54) is 25.3 Å². The number of benzene rings is 8. The van der Waals surface area contributed by atoms with E-state index in [4.69, 9.17) is 4.74 Å². The monoisotopic (exact) mass is 908 g/mol. The number of fused-ring (bicyclic) bond motifs is 4. The third kappa shape index (κ3) is 7.96. The normalized spacial score (nSPS) is 12.8. The molecule has 318 valence electrons. The van der Waals surface area contributed by atoms with Crippen molar-refractivity contribution in [3.8, 4) is 23.0 Å². The molecule has 0 aliphatic heterocycles. The van der Waals surface area contributed by atoms with Crippen molar-refractivity contribution in [1.82, 2.24) is 0 Å². The van der Waals surface area contributed by atoms with E-state index in [0.29, 0.717) is 39.7 Å². The third-order valence-electron chi connectivity index (χ3n) is 9.78. The molecule has 19 nitrogen and oxygen atoms in total. The number of phenolic OH excluding ortho intramolecular Hbond substituents is 3. The number of nitrogens with zero attached hydrogens (tertiary/aromatic N) is 6. The summed E-state index contributed by atoms with van der Waals surface area (Å²) < 4.78 is 108. The predicted octanol–water partition coefficient (Wildman–Crippen LogP) is 10.4. The Morgan fingerprint density at radius 3 is 1.71 bits per heavy atom. The van der Waals surface area contributed by atoms with Gasteiger partial charge in [-0.25, -0.2) is 0 Å². The summed E-state index contributed by atoms with van der Waals surface area (Å²) in [6.45, 7) is 0. The van der Waals surface area contributed by atoms with Gasteiger partial charge in [0.25, 0.3) is 30.4 Å². The molecule has 0 saturated carbocycles. The van der Waals surface area contributed by atoms with Crippen LogP contribution in [0.4, 0.5) is 34.1 Å². The molecule has 0 radical (unpaired) electrons. The molecule has 0 amide bonds. The summed E-state index contributed by atoms with van der Waals surface area (Å²) in [6.07, 6.45) is 0. The molecule has 0 heterocycles. The molecule has 0 atom stereocenters. The first kappa shape index (κ1) is 42.2. The molecule has 8 rings (SSSR count). The minimum absolute atomic E-state index is 0.0154. The van der Waals surface area contributed by atoms with Gasteiger partial charge < -0.3 is 20.1 Å². The van der Waals surface area contributed by atoms with Crippen molar-refractivity contribution in [2.75, 3.05) is 7.11 Å². The van der Waals surface area contributed by atoms with Crippen LogP contribution in [0.25, 0.3) is 43.1 Å². The summed E-state index contributed by atoms with van der Waals surface area (Å²) in [5.74, 6) is -1.97. The molecule has 0 bridgehead atoms. The van der Waals surface area contributed by atoms with Crippen LogP contribution in [0.15, 0.2) is 161 Å². The standard InChI is InChI=1S/C41H28N6O13S3/c1-60-34-19-31(45-44-30-10-4-6-21-7-5-11-33(48)37(21)30)23-8-2-3-9-25(23)39(34)47-43-28-15-16-29(27-18-22(61(51,52)53)12-13-24(27)28)42-46-32-20-36(63(57,58)59)40(49)26-14-17-35(62(54,55)56)41(50)38(26)32/h2-20,48-50H,1H3,(H,51,52,53)(H,54,55,56)(H,57,58,59). The van der Waals surface area contributed by atoms with Crippen LogP contribution in [0.1, 0.15) is 0 Å². The molecular formula is C41H28N6O13S3. The summed E-state index contributed by atoms with van der Waals surface area (Å²) in [7, 11) is -13.6. The van der Waals surface area contributed by atoms with Crippen molar-refractivity contribution >= 4 is 108 Å². The van der Waals surface area contributed by atoms with Crippen LogP contribution in [0.3, 0.4) is 0 Å². The minimum atomic E-state index is -5.16. The fourth-order valence-corrected chi connectivity index (χ4v) is 8.61. The van der Waals surface area contributed by atoms with Crippen LogP contribution < -0.4 is 4.74 Å². The highest BCUT2D eigenvalue weighted by molar-refractivity contribution is 7.86. The number of phenols is 3. The Bertz CT molecular complexity index is 3690. The van der Waals surface area contributed by atoms with E-state index >= 15 is 0 Å². The predicted molar refractivity (Wildman–Crippen MR) is 229 cm³/mol. The molecule has 63 heavy (non-hydrogen) atoms. The zero-order valence-corrected chi connectivity index (χ0v) is 34.4. The van der Waals surface area contributed by atoms with Gasteiger partial charge in [0.2, 0.25) is 0 Å². The molecule has 0 saturated heterocycles. The van der Waals surface area contributed by atoms with Crippen LogP contribution >= 0.6 is 0 Å². The summed E-state index contributed by atoms with van der Waals surface area (Å²) in [5, 5.41) is 59.6. The lowest BCUT2D eigenvalue weighted by atomic mass is 10.1. The Kier molecular flexibility index (Phi) is 10.6. The van der Waals surface area contributed by atoms with Gasteiger partial charge in [-0.05, 0) is 60.0 Å². The second-order valence-electron chi connectivity index (χ2n) is 13.6. The fraction of sp³-hybridized carbons (Fsp3) is 0.0244. The summed E-state index contributed by atoms with van der Waals surface area (Å²) >= 11 is 0. The number of hydrogen-bond acceptors (Lipinski definition) is 16. The first-order valence-corrected chi connectivity index (χ1v) is 22.2. The average Bonchev–Trinajstić information content (AvgIpc) is 3.23. The highest BCUT2D eigenvalue weighted by atomic mass is 32.2. The van der Waals surface area contributed by atoms with Gasteiger partial charge in [0.1, 0.15) is 38.5 Å². The molecule has 0 aromatic heterocycles. The lowest BCUT2D eigenvalue weighted by Crippen LogP contribution is -2.01. The van der Waals surface area contributed by atoms with E-state index in [0.717, 1.165) is 23.6 Å². The molecule has 8 aromatic carbocycles. The highest BCUT2D eigenvalue weighted by Gasteiger charge is 2.26. The number of hydrogen-bond donors (Lipinski definition) is 6. The molecule has 0 unspecified atom stereocenters. The van der Waals surface area contributed by atoms with Gasteiger partial charge in [0.05, 0.1) is 51.2 Å². The zero-order valence-electron chi connectivity index (χ0n) is 31.9. The van der Waals surface area contributed by atoms with Crippen LogP contribution in [-0.4, -0.2) is 61.3 Å². The fourth-order valence-electron chi connectivity index (χ4n) is 6.90. The molecule has 22 heteroatoms. The van der Waals surface area contributed by atoms with Crippen molar-refractivity contribution in [2.45, 2.75) is 14.7 Å². The third-order valence-corrected chi connectivity index (χ3v) is 12.4. The Balaban J connectivity index is 1.26. The number of aromatic hydroxyl groups is 3. The van der Waals surface area contributed by atoms with Gasteiger partial charge in [-0.15, -0.1) is 30.7 Å². The Morgan fingerprint density at radius 2 is 1.03 bits per heavy atom. The van der Waals surface area contributed by atoms with Crippen LogP contribution in [0, 0.1) is 0 Å². The van der Waals surface area contributed by atoms with Crippen molar-refractivity contribution in [3.63, 3.8) is 0 Å². The van der Waals surface area contributed by atoms with E-state index in [-0.39, 0.29) is 39.3 Å². The van der Waals surface area contributed by atoms with E-state index in [1.807, 2.05) is 12.1 Å². The van der Waals surface area contributed by atoms with E-state index in [2.05, 4.69) is 30.7 Å². The lowest BCUT2D eigenvalue weighted by molar-refractivity contribution is 0.416. The molecular weight excluding hydrogens is 881 g/mol. The van der Waals surface area contributed by atoms with Gasteiger partial charge in [0.15, 0.2) is 0 Å². The molecule has 6 N–H and O–H groups in total. The van der Waals surface area contributed by atoms with Gasteiger partial charge in [-0.2, -0.15) is 25.3 Å². The van der Waals surface area contributed by atoms with Crippen molar-refractivity contribution in [1.29, 1.82) is 0 Å². The maximum Gasteiger partial charge on any atom is 0.298 e. The summed E-state index contributed by atoms with van der Waals surface area (Å²) in [6, 6.07) is 27.4. The number of rotatable bonds is 10. The lowest BCUT2D eigenvalue weighted by Gasteiger charge is -2.12. The Labute approximate surface area is 355 Å². The van der Waals surface area contributed by atoms with Crippen molar-refractivity contribution in [3.05, 3.63) is 115 Å². The largest absolute Gasteiger partial charge is 0.507 e. The smallest absolute Gasteiger partial charge is 0.298 e. The van der Waals surface area contributed by atoms with Gasteiger partial charge in [-0.1, -0.05) is 54.6 Å². The quantitative estimate of drug-likeness (QED) is 0.0550. The maximum atomic E-state index is 12.3. The first-order valence-electron chi connectivity index (χ1n) is 17.9. The number of methoxy groups -OCH3 is 1. The maximum absolute atomic E-state index is 12.3. The zero-order chi connectivity index (χ0) is 45.0. The Hall–Kier alpha value is -7.47. The topological polar surface area (TPSA) is 307 Å². The van der Waals surface area contributed by atoms with Gasteiger partial charge >= 0.3 is 0 Å².